The summed E-state index contributed by atoms with van der Waals surface area (Å²) in [4.78, 5) is 84.7. The van der Waals surface area contributed by atoms with E-state index in [9.17, 15) is 38.6 Å². The van der Waals surface area contributed by atoms with Crippen LogP contribution in [0, 0.1) is 10.8 Å². The number of carbonyl (C=O) groups is 4. The van der Waals surface area contributed by atoms with Crippen LogP contribution < -0.4 is 10.6 Å². The summed E-state index contributed by atoms with van der Waals surface area (Å²) in [6.07, 6.45) is -1.06. The molecule has 1 aliphatic rings. The van der Waals surface area contributed by atoms with Crippen LogP contribution in [0.4, 0.5) is 9.59 Å². The summed E-state index contributed by atoms with van der Waals surface area (Å²) in [5.74, 6) is -1.17. The molecule has 16 heteroatoms. The Balaban J connectivity index is 1.52. The van der Waals surface area contributed by atoms with Gasteiger partial charge < -0.3 is 35.3 Å². The molecule has 0 saturated carbocycles. The van der Waals surface area contributed by atoms with E-state index in [1.165, 1.54) is 7.05 Å². The molecule has 5 amide bonds. The second-order valence-electron chi connectivity index (χ2n) is 18.3. The fraction of sp³-hybridized carbons (Fsp3) is 0.426. The summed E-state index contributed by atoms with van der Waals surface area (Å²) < 4.78 is 18.5. The number of hydrogen-bond acceptors (Lipinski definition) is 7. The smallest absolute Gasteiger partial charge is 0.465 e. The number of nitrogens with one attached hydrogen (secondary N) is 2. The molecule has 63 heavy (non-hydrogen) atoms. The fourth-order valence-electron chi connectivity index (χ4n) is 8.30. The van der Waals surface area contributed by atoms with Crippen molar-refractivity contribution < 1.29 is 43.2 Å². The molecular weight excluding hydrogens is 824 g/mol. The number of pyridine rings is 1. The number of phosphoric acid groups is 1. The quantitative estimate of drug-likeness (QED) is 0.0666. The summed E-state index contributed by atoms with van der Waals surface area (Å²) in [5, 5.41) is 16.0. The summed E-state index contributed by atoms with van der Waals surface area (Å²) in [6, 6.07) is 27.2. The molecule has 0 spiro atoms. The minimum atomic E-state index is -5.27. The van der Waals surface area contributed by atoms with Crippen LogP contribution in [0.3, 0.4) is 0 Å². The minimum absolute atomic E-state index is 0.0635. The van der Waals surface area contributed by atoms with Gasteiger partial charge in [0.1, 0.15) is 12.1 Å². The summed E-state index contributed by atoms with van der Waals surface area (Å²) in [5.41, 5.74) is 2.37. The Morgan fingerprint density at radius 2 is 1.37 bits per heavy atom. The predicted octanol–water partition coefficient (Wildman–Crippen LogP) is 6.75. The first-order valence-corrected chi connectivity index (χ1v) is 22.6. The van der Waals surface area contributed by atoms with Gasteiger partial charge in [0.25, 0.3) is 0 Å². The van der Waals surface area contributed by atoms with Crippen molar-refractivity contribution in [3.05, 3.63) is 126 Å². The summed E-state index contributed by atoms with van der Waals surface area (Å²) >= 11 is 0. The van der Waals surface area contributed by atoms with E-state index >= 15 is 0 Å². The number of rotatable bonds is 18. The van der Waals surface area contributed by atoms with Crippen LogP contribution in [0.15, 0.2) is 109 Å². The lowest BCUT2D eigenvalue weighted by molar-refractivity contribution is -0.131. The van der Waals surface area contributed by atoms with Crippen molar-refractivity contribution in [2.45, 2.75) is 97.6 Å². The number of urea groups is 1. The molecule has 5 rings (SSSR count). The van der Waals surface area contributed by atoms with E-state index in [4.69, 9.17) is 4.52 Å². The number of nitrogens with zero attached hydrogens (tertiary/aromatic N) is 4. The Hall–Kier alpha value is -5.60. The largest absolute Gasteiger partial charge is 0.469 e. The Labute approximate surface area is 370 Å². The zero-order valence-corrected chi connectivity index (χ0v) is 37.9. The molecule has 0 unspecified atom stereocenters. The minimum Gasteiger partial charge on any atom is -0.465 e. The number of amides is 5. The van der Waals surface area contributed by atoms with E-state index in [1.54, 1.807) is 48.9 Å². The van der Waals surface area contributed by atoms with Crippen molar-refractivity contribution in [3.8, 4) is 11.3 Å². The van der Waals surface area contributed by atoms with Crippen LogP contribution in [0.2, 0.25) is 0 Å². The highest BCUT2D eigenvalue weighted by Gasteiger charge is 2.45. The number of hydrogen-bond donors (Lipinski definition) is 5. The van der Waals surface area contributed by atoms with Crippen molar-refractivity contribution >= 4 is 31.8 Å². The number of carboxylic acid groups (broad SMARTS) is 1. The number of carbonyl (C=O) groups excluding carboxylic acids is 3. The maximum Gasteiger partial charge on any atom is 0.469 e. The van der Waals surface area contributed by atoms with Crippen LogP contribution in [0.5, 0.6) is 0 Å². The second-order valence-corrected chi connectivity index (χ2v) is 19.5. The van der Waals surface area contributed by atoms with Crippen LogP contribution in [0.1, 0.15) is 64.7 Å². The molecule has 2 heterocycles. The molecule has 1 aromatic heterocycles. The van der Waals surface area contributed by atoms with Gasteiger partial charge in [-0.15, -0.1) is 0 Å². The maximum absolute atomic E-state index is 14.8. The van der Waals surface area contributed by atoms with E-state index in [2.05, 4.69) is 15.6 Å². The van der Waals surface area contributed by atoms with Gasteiger partial charge in [-0.25, -0.2) is 14.2 Å². The fourth-order valence-corrected chi connectivity index (χ4v) is 8.89. The van der Waals surface area contributed by atoms with Crippen molar-refractivity contribution in [1.82, 2.24) is 30.3 Å². The number of aromatic nitrogens is 1. The molecule has 1 aliphatic heterocycles. The van der Waals surface area contributed by atoms with Gasteiger partial charge in [-0.2, -0.15) is 0 Å². The van der Waals surface area contributed by atoms with E-state index in [0.29, 0.717) is 13.1 Å². The monoisotopic (exact) mass is 884 g/mol. The first-order chi connectivity index (χ1) is 29.6. The molecule has 5 atom stereocenters. The Morgan fingerprint density at radius 1 is 0.778 bits per heavy atom. The molecule has 0 aliphatic carbocycles. The lowest BCUT2D eigenvalue weighted by Gasteiger charge is -2.39. The molecule has 0 bridgehead atoms. The second kappa shape index (κ2) is 20.7. The number of benzene rings is 3. The Bertz CT molecular complexity index is 2200. The normalized spacial score (nSPS) is 15.9. The Kier molecular flexibility index (Phi) is 15.9. The van der Waals surface area contributed by atoms with Gasteiger partial charge in [-0.3, -0.25) is 24.0 Å². The molecular formula is C47H61N6O9P. The van der Waals surface area contributed by atoms with E-state index < -0.39 is 66.8 Å². The molecule has 0 radical (unpaired) electrons. The van der Waals surface area contributed by atoms with Crippen molar-refractivity contribution in [2.75, 3.05) is 20.1 Å². The molecule has 338 valence electrons. The lowest BCUT2D eigenvalue weighted by Crippen LogP contribution is -2.59. The van der Waals surface area contributed by atoms with Crippen LogP contribution in [-0.2, 0) is 38.1 Å². The van der Waals surface area contributed by atoms with Gasteiger partial charge in [-0.05, 0) is 58.9 Å². The third-order valence-corrected chi connectivity index (χ3v) is 11.6. The summed E-state index contributed by atoms with van der Waals surface area (Å²) in [6.45, 7) is 11.8. The van der Waals surface area contributed by atoms with Gasteiger partial charge in [0, 0.05) is 44.5 Å². The van der Waals surface area contributed by atoms with E-state index in [0.717, 1.165) is 32.8 Å². The van der Waals surface area contributed by atoms with Crippen molar-refractivity contribution in [3.63, 3.8) is 0 Å². The Morgan fingerprint density at radius 3 is 1.90 bits per heavy atom. The molecule has 5 N–H and O–H groups in total. The topological polar surface area (TPSA) is 202 Å². The molecule has 4 aromatic rings. The van der Waals surface area contributed by atoms with Gasteiger partial charge in [0.15, 0.2) is 0 Å². The van der Waals surface area contributed by atoms with Crippen molar-refractivity contribution in [1.29, 1.82) is 0 Å². The average Bonchev–Trinajstić information content (AvgIpc) is 3.55. The van der Waals surface area contributed by atoms with Gasteiger partial charge in [0.05, 0.1) is 17.8 Å². The standard InChI is InChI=1S/C47H61N6O9P/c1-46(2,3)40(51(7)45(57)58)42(54)49-36(28-33-21-23-35(24-22-33)37-20-14-15-25-48-37)30-39(62-63(59,60)61)38(29-32-16-10-8-11-17-32)50-43(55)41(47(4,5)6)53-27-26-52(44(53)56)31-34-18-12-9-13-19-34/h8-25,36,38-41H,26-31H2,1-7H3,(H,49,54)(H,50,55)(H,57,58)(H2,59,60,61)/t36-,38-,39-,40+,41+/m0/s1. The average molecular weight is 885 g/mol. The highest BCUT2D eigenvalue weighted by atomic mass is 31.2. The first-order valence-electron chi connectivity index (χ1n) is 21.0. The number of likely N-dealkylation sites (N-methyl/N-ethyl adjacent to an activating group) is 1. The first kappa shape index (κ1) is 48.4. The van der Waals surface area contributed by atoms with Gasteiger partial charge in [0.2, 0.25) is 11.8 Å². The van der Waals surface area contributed by atoms with Crippen LogP contribution >= 0.6 is 7.82 Å². The zero-order chi connectivity index (χ0) is 46.1. The third-order valence-electron chi connectivity index (χ3n) is 11.1. The number of phosphoric ester groups is 1. The zero-order valence-electron chi connectivity index (χ0n) is 37.0. The van der Waals surface area contributed by atoms with Crippen LogP contribution in [-0.4, -0.2) is 109 Å². The highest BCUT2D eigenvalue weighted by Crippen LogP contribution is 2.40. The van der Waals surface area contributed by atoms with Crippen molar-refractivity contribution in [2.24, 2.45) is 10.8 Å². The predicted molar refractivity (Wildman–Crippen MR) is 240 cm³/mol. The third kappa shape index (κ3) is 13.7. The molecule has 15 nitrogen and oxygen atoms in total. The molecule has 3 aromatic carbocycles. The molecule has 1 fully saturated rings. The lowest BCUT2D eigenvalue weighted by atomic mass is 9.84. The van der Waals surface area contributed by atoms with Gasteiger partial charge in [-0.1, -0.05) is 133 Å². The highest BCUT2D eigenvalue weighted by molar-refractivity contribution is 7.46. The van der Waals surface area contributed by atoms with E-state index in [1.807, 2.05) is 112 Å². The summed E-state index contributed by atoms with van der Waals surface area (Å²) in [7, 11) is -3.96. The van der Waals surface area contributed by atoms with Gasteiger partial charge >= 0.3 is 19.9 Å². The van der Waals surface area contributed by atoms with E-state index in [-0.39, 0.29) is 31.8 Å². The van der Waals surface area contributed by atoms with Crippen LogP contribution in [0.25, 0.3) is 11.3 Å². The maximum atomic E-state index is 14.8. The molecule has 1 saturated heterocycles. The SMILES string of the molecule is CN(C(=O)O)[C@H](C(=O)N[C@@H](Cc1ccc(-c2ccccn2)cc1)C[C@H](OP(=O)(O)O)[C@H](Cc1ccccc1)NC(=O)[C@@H](N1CCN(Cc2ccccc2)C1=O)C(C)(C)C)C(C)(C)C.